The summed E-state index contributed by atoms with van der Waals surface area (Å²) in [6.07, 6.45) is 2.51. The Morgan fingerprint density at radius 2 is 2.31 bits per heavy atom. The van der Waals surface area contributed by atoms with Crippen LogP contribution in [0, 0.1) is 11.8 Å². The van der Waals surface area contributed by atoms with Crippen molar-refractivity contribution < 1.29 is 19.4 Å². The third-order valence-corrected chi connectivity index (χ3v) is 2.40. The van der Waals surface area contributed by atoms with Gasteiger partial charge in [-0.3, -0.25) is 0 Å². The topological polar surface area (TPSA) is 63.6 Å². The van der Waals surface area contributed by atoms with Gasteiger partial charge in [0.25, 0.3) is 0 Å². The molecule has 1 aromatic rings. The van der Waals surface area contributed by atoms with E-state index in [0.29, 0.717) is 5.56 Å². The summed E-state index contributed by atoms with van der Waals surface area (Å²) in [5, 5.41) is 10.2. The van der Waals surface area contributed by atoms with Crippen LogP contribution in [0.25, 0.3) is 6.08 Å². The molecule has 0 unspecified atom stereocenters. The van der Waals surface area contributed by atoms with Gasteiger partial charge in [-0.05, 0) is 12.1 Å². The summed E-state index contributed by atoms with van der Waals surface area (Å²) in [7, 11) is 1.26. The Labute approximate surface area is 96.2 Å². The smallest absolute Gasteiger partial charge is 0.384 e. The minimum absolute atomic E-state index is 0.603. The summed E-state index contributed by atoms with van der Waals surface area (Å²) in [6, 6.07) is 1.69. The van der Waals surface area contributed by atoms with E-state index >= 15 is 0 Å². The number of rotatable bonds is 2. The molecular weight excluding hydrogens is 228 g/mol. The van der Waals surface area contributed by atoms with Crippen molar-refractivity contribution in [1.82, 2.24) is 0 Å². The highest BCUT2D eigenvalue weighted by molar-refractivity contribution is 7.11. The monoisotopic (exact) mass is 236 g/mol. The maximum Gasteiger partial charge on any atom is 0.384 e. The van der Waals surface area contributed by atoms with Gasteiger partial charge in [-0.15, -0.1) is 11.3 Å². The van der Waals surface area contributed by atoms with Gasteiger partial charge < -0.3 is 9.84 Å². The second kappa shape index (κ2) is 5.73. The first-order valence-corrected chi connectivity index (χ1v) is 5.09. The van der Waals surface area contributed by atoms with E-state index in [2.05, 4.69) is 16.6 Å². The Bertz CT molecular complexity index is 488. The van der Waals surface area contributed by atoms with Gasteiger partial charge in [0.2, 0.25) is 0 Å². The molecule has 0 aliphatic carbocycles. The highest BCUT2D eigenvalue weighted by Crippen LogP contribution is 2.15. The second-order valence-corrected chi connectivity index (χ2v) is 3.59. The minimum Gasteiger partial charge on any atom is -0.478 e. The van der Waals surface area contributed by atoms with Gasteiger partial charge in [0.1, 0.15) is 0 Å². The van der Waals surface area contributed by atoms with Crippen molar-refractivity contribution in [3.8, 4) is 11.8 Å². The van der Waals surface area contributed by atoms with Crippen LogP contribution in [-0.4, -0.2) is 24.2 Å². The maximum atomic E-state index is 10.7. The zero-order valence-corrected chi connectivity index (χ0v) is 9.21. The van der Waals surface area contributed by atoms with E-state index in [-0.39, 0.29) is 0 Å². The summed E-state index contributed by atoms with van der Waals surface area (Å²) >= 11 is 1.35. The van der Waals surface area contributed by atoms with Gasteiger partial charge in [0, 0.05) is 27.8 Å². The molecule has 0 spiro atoms. The molecule has 1 rings (SSSR count). The largest absolute Gasteiger partial charge is 0.478 e. The highest BCUT2D eigenvalue weighted by atomic mass is 32.1. The number of aliphatic carboxylic acids is 1. The van der Waals surface area contributed by atoms with E-state index in [0.717, 1.165) is 11.0 Å². The quantitative estimate of drug-likeness (QED) is 0.478. The molecule has 0 saturated heterocycles. The van der Waals surface area contributed by atoms with Crippen molar-refractivity contribution in [2.75, 3.05) is 7.11 Å². The SMILES string of the molecule is COC(=O)C#Cc1csc(/C=C/C(=O)O)c1. The zero-order valence-electron chi connectivity index (χ0n) is 8.39. The lowest BCUT2D eigenvalue weighted by Crippen LogP contribution is -1.94. The molecule has 0 fully saturated rings. The number of ether oxygens (including phenoxy) is 1. The maximum absolute atomic E-state index is 10.7. The number of thiophene rings is 1. The molecule has 0 saturated carbocycles. The molecule has 0 aliphatic heterocycles. The average Bonchev–Trinajstić information content (AvgIpc) is 2.71. The Hall–Kier alpha value is -2.06. The molecule has 0 bridgehead atoms. The number of carboxylic acids is 1. The normalized spacial score (nSPS) is 9.56. The first-order chi connectivity index (χ1) is 7.61. The van der Waals surface area contributed by atoms with Gasteiger partial charge in [-0.2, -0.15) is 0 Å². The molecule has 5 heteroatoms. The Kier molecular flexibility index (Phi) is 4.30. The lowest BCUT2D eigenvalue weighted by Gasteiger charge is -1.83. The molecule has 0 aromatic carbocycles. The number of methoxy groups -OCH3 is 1. The summed E-state index contributed by atoms with van der Waals surface area (Å²) in [5.74, 6) is 3.28. The van der Waals surface area contributed by atoms with E-state index < -0.39 is 11.9 Å². The van der Waals surface area contributed by atoms with Gasteiger partial charge in [-0.1, -0.05) is 5.92 Å². The lowest BCUT2D eigenvalue weighted by molar-refractivity contribution is -0.134. The van der Waals surface area contributed by atoms with E-state index in [1.54, 1.807) is 11.4 Å². The summed E-state index contributed by atoms with van der Waals surface area (Å²) in [5.41, 5.74) is 0.653. The molecule has 0 radical (unpaired) electrons. The molecule has 16 heavy (non-hydrogen) atoms. The first-order valence-electron chi connectivity index (χ1n) is 4.21. The van der Waals surface area contributed by atoms with Crippen molar-refractivity contribution in [2.45, 2.75) is 0 Å². The van der Waals surface area contributed by atoms with Crippen molar-refractivity contribution in [2.24, 2.45) is 0 Å². The molecule has 0 atom stereocenters. The highest BCUT2D eigenvalue weighted by Gasteiger charge is 1.96. The van der Waals surface area contributed by atoms with Crippen LogP contribution in [0.5, 0.6) is 0 Å². The molecule has 0 amide bonds. The predicted molar refractivity (Wildman–Crippen MR) is 59.9 cm³/mol. The number of hydrogen-bond donors (Lipinski definition) is 1. The predicted octanol–water partition coefficient (Wildman–Crippen LogP) is 1.37. The fourth-order valence-electron chi connectivity index (χ4n) is 0.833. The molecular formula is C11H8O4S. The number of esters is 1. The number of carboxylic acid groups (broad SMARTS) is 1. The van der Waals surface area contributed by atoms with Crippen LogP contribution < -0.4 is 0 Å². The molecule has 1 N–H and O–H groups in total. The van der Waals surface area contributed by atoms with E-state index in [1.807, 2.05) is 0 Å². The fraction of sp³-hybridized carbons (Fsp3) is 0.0909. The molecule has 1 heterocycles. The van der Waals surface area contributed by atoms with Crippen LogP contribution in [0.3, 0.4) is 0 Å². The lowest BCUT2D eigenvalue weighted by atomic mass is 10.3. The Morgan fingerprint density at radius 1 is 1.56 bits per heavy atom. The molecule has 82 valence electrons. The Morgan fingerprint density at radius 3 is 2.94 bits per heavy atom. The van der Waals surface area contributed by atoms with Crippen molar-refractivity contribution in [3.63, 3.8) is 0 Å². The number of carbonyl (C=O) groups is 2. The van der Waals surface area contributed by atoms with E-state index in [4.69, 9.17) is 5.11 Å². The van der Waals surface area contributed by atoms with Gasteiger partial charge in [-0.25, -0.2) is 9.59 Å². The van der Waals surface area contributed by atoms with Gasteiger partial charge >= 0.3 is 11.9 Å². The number of carbonyl (C=O) groups excluding carboxylic acids is 1. The van der Waals surface area contributed by atoms with Crippen molar-refractivity contribution in [1.29, 1.82) is 0 Å². The number of hydrogen-bond acceptors (Lipinski definition) is 4. The Balaban J connectivity index is 2.74. The van der Waals surface area contributed by atoms with Gasteiger partial charge in [0.15, 0.2) is 0 Å². The van der Waals surface area contributed by atoms with Crippen LogP contribution >= 0.6 is 11.3 Å². The zero-order chi connectivity index (χ0) is 12.0. The third kappa shape index (κ3) is 3.98. The standard InChI is InChI=1S/C11H8O4S/c1-15-11(14)5-2-8-6-9(16-7-8)3-4-10(12)13/h3-4,6-7H,1H3,(H,12,13)/b4-3+. The fourth-order valence-corrected chi connectivity index (χ4v) is 1.57. The third-order valence-electron chi connectivity index (χ3n) is 1.50. The van der Waals surface area contributed by atoms with E-state index in [9.17, 15) is 9.59 Å². The molecule has 1 aromatic heterocycles. The second-order valence-electron chi connectivity index (χ2n) is 2.65. The minimum atomic E-state index is -1.00. The van der Waals surface area contributed by atoms with Crippen LogP contribution in [0.4, 0.5) is 0 Å². The molecule has 4 nitrogen and oxygen atoms in total. The molecule has 0 aliphatic rings. The average molecular weight is 236 g/mol. The van der Waals surface area contributed by atoms with Gasteiger partial charge in [0.05, 0.1) is 7.11 Å². The summed E-state index contributed by atoms with van der Waals surface area (Å²) in [4.78, 5) is 21.7. The van der Waals surface area contributed by atoms with E-state index in [1.165, 1.54) is 24.5 Å². The summed E-state index contributed by atoms with van der Waals surface area (Å²) < 4.78 is 4.36. The van der Waals surface area contributed by atoms with Crippen molar-refractivity contribution >= 4 is 29.4 Å². The van der Waals surface area contributed by atoms with Crippen LogP contribution in [0.1, 0.15) is 10.4 Å². The van der Waals surface area contributed by atoms with Crippen molar-refractivity contribution in [3.05, 3.63) is 28.0 Å². The van der Waals surface area contributed by atoms with Crippen LogP contribution in [0.15, 0.2) is 17.5 Å². The van der Waals surface area contributed by atoms with Crippen LogP contribution in [-0.2, 0) is 14.3 Å². The first kappa shape index (κ1) is 12.0. The van der Waals surface area contributed by atoms with Crippen LogP contribution in [0.2, 0.25) is 0 Å². The summed E-state index contributed by atoms with van der Waals surface area (Å²) in [6.45, 7) is 0.